The molecule has 1 aromatic heterocycles. The van der Waals surface area contributed by atoms with E-state index in [0.29, 0.717) is 22.8 Å². The number of hydrogen-bond acceptors (Lipinski definition) is 7. The average Bonchev–Trinajstić information content (AvgIpc) is 3.37. The van der Waals surface area contributed by atoms with Gasteiger partial charge in [0.05, 0.1) is 17.9 Å². The highest BCUT2D eigenvalue weighted by atomic mass is 32.2. The van der Waals surface area contributed by atoms with Crippen molar-refractivity contribution in [3.05, 3.63) is 64.2 Å². The van der Waals surface area contributed by atoms with E-state index in [9.17, 15) is 9.59 Å². The summed E-state index contributed by atoms with van der Waals surface area (Å²) in [7, 11) is 0. The number of aryl methyl sites for hydroxylation is 2. The lowest BCUT2D eigenvalue weighted by molar-refractivity contribution is -0.115. The van der Waals surface area contributed by atoms with Gasteiger partial charge in [0.2, 0.25) is 12.7 Å². The standard InChI is InChI=1S/C22H20N2O4S2/c1-13-3-5-16(7-14(13)2)23-21(26)9-17-10-29-22(24-17)30-11-18(25)15-4-6-19-20(8-15)28-12-27-19/h3-8,10H,9,11-12H2,1-2H3,(H,23,26). The quantitative estimate of drug-likeness (QED) is 0.426. The number of nitrogens with one attached hydrogen (secondary N) is 1. The Morgan fingerprint density at radius 1 is 1.10 bits per heavy atom. The highest BCUT2D eigenvalue weighted by Gasteiger charge is 2.17. The van der Waals surface area contributed by atoms with Crippen molar-refractivity contribution in [1.29, 1.82) is 0 Å². The van der Waals surface area contributed by atoms with Crippen LogP contribution in [-0.2, 0) is 11.2 Å². The average molecular weight is 441 g/mol. The van der Waals surface area contributed by atoms with E-state index in [1.165, 1.54) is 28.7 Å². The van der Waals surface area contributed by atoms with E-state index < -0.39 is 0 Å². The van der Waals surface area contributed by atoms with Crippen molar-refractivity contribution in [2.24, 2.45) is 0 Å². The number of fused-ring (bicyclic) bond motifs is 1. The molecule has 0 radical (unpaired) electrons. The van der Waals surface area contributed by atoms with Gasteiger partial charge in [-0.25, -0.2) is 4.98 Å². The van der Waals surface area contributed by atoms with Crippen molar-refractivity contribution < 1.29 is 19.1 Å². The summed E-state index contributed by atoms with van der Waals surface area (Å²) in [4.78, 5) is 29.2. The van der Waals surface area contributed by atoms with E-state index in [4.69, 9.17) is 9.47 Å². The molecular formula is C22H20N2O4S2. The molecular weight excluding hydrogens is 420 g/mol. The minimum absolute atomic E-state index is 0.0115. The summed E-state index contributed by atoms with van der Waals surface area (Å²) in [6, 6.07) is 11.0. The van der Waals surface area contributed by atoms with Crippen molar-refractivity contribution in [3.8, 4) is 11.5 Å². The number of carbonyl (C=O) groups is 2. The molecule has 8 heteroatoms. The molecule has 0 saturated heterocycles. The van der Waals surface area contributed by atoms with Crippen LogP contribution in [0.25, 0.3) is 0 Å². The van der Waals surface area contributed by atoms with E-state index in [2.05, 4.69) is 10.3 Å². The van der Waals surface area contributed by atoms with Gasteiger partial charge < -0.3 is 14.8 Å². The van der Waals surface area contributed by atoms with Crippen LogP contribution < -0.4 is 14.8 Å². The SMILES string of the molecule is Cc1ccc(NC(=O)Cc2csc(SCC(=O)c3ccc4c(c3)OCO4)n2)cc1C. The Kier molecular flexibility index (Phi) is 6.06. The molecule has 0 unspecified atom stereocenters. The van der Waals surface area contributed by atoms with Gasteiger partial charge in [-0.15, -0.1) is 11.3 Å². The lowest BCUT2D eigenvalue weighted by Crippen LogP contribution is -2.14. The summed E-state index contributed by atoms with van der Waals surface area (Å²) in [6.07, 6.45) is 0.195. The summed E-state index contributed by atoms with van der Waals surface area (Å²) in [5.41, 5.74) is 4.37. The van der Waals surface area contributed by atoms with Gasteiger partial charge in [-0.05, 0) is 55.3 Å². The maximum absolute atomic E-state index is 12.5. The van der Waals surface area contributed by atoms with Crippen LogP contribution in [-0.4, -0.2) is 29.2 Å². The maximum Gasteiger partial charge on any atom is 0.231 e. The molecule has 1 aliphatic heterocycles. The Labute approximate surface area is 182 Å². The number of thioether (sulfide) groups is 1. The van der Waals surface area contributed by atoms with Crippen LogP contribution >= 0.6 is 23.1 Å². The van der Waals surface area contributed by atoms with E-state index in [1.54, 1.807) is 18.2 Å². The smallest absolute Gasteiger partial charge is 0.231 e. The summed E-state index contributed by atoms with van der Waals surface area (Å²) < 4.78 is 11.3. The second kappa shape index (κ2) is 8.89. The summed E-state index contributed by atoms with van der Waals surface area (Å²) >= 11 is 2.80. The number of rotatable bonds is 7. The first-order valence-corrected chi connectivity index (χ1v) is 11.2. The summed E-state index contributed by atoms with van der Waals surface area (Å²) in [5, 5.41) is 4.76. The van der Waals surface area contributed by atoms with Crippen LogP contribution in [0.5, 0.6) is 11.5 Å². The van der Waals surface area contributed by atoms with Crippen molar-refractivity contribution in [2.75, 3.05) is 17.9 Å². The van der Waals surface area contributed by atoms with Crippen molar-refractivity contribution in [3.63, 3.8) is 0 Å². The number of amides is 1. The third kappa shape index (κ3) is 4.83. The van der Waals surface area contributed by atoms with Crippen molar-refractivity contribution >= 4 is 40.5 Å². The van der Waals surface area contributed by atoms with Gasteiger partial charge in [0.25, 0.3) is 0 Å². The minimum Gasteiger partial charge on any atom is -0.454 e. The first-order chi connectivity index (χ1) is 14.5. The highest BCUT2D eigenvalue weighted by Crippen LogP contribution is 2.33. The first kappa shape index (κ1) is 20.4. The lowest BCUT2D eigenvalue weighted by Gasteiger charge is -2.06. The van der Waals surface area contributed by atoms with Crippen molar-refractivity contribution in [2.45, 2.75) is 24.6 Å². The van der Waals surface area contributed by atoms with Crippen LogP contribution in [0.4, 0.5) is 5.69 Å². The normalized spacial score (nSPS) is 12.1. The van der Waals surface area contributed by atoms with Gasteiger partial charge in [0.15, 0.2) is 21.6 Å². The molecule has 0 spiro atoms. The van der Waals surface area contributed by atoms with Crippen LogP contribution in [0, 0.1) is 13.8 Å². The van der Waals surface area contributed by atoms with Gasteiger partial charge in [-0.1, -0.05) is 17.8 Å². The van der Waals surface area contributed by atoms with Gasteiger partial charge in [-0.2, -0.15) is 0 Å². The molecule has 1 N–H and O–H groups in total. The topological polar surface area (TPSA) is 77.5 Å². The number of hydrogen-bond donors (Lipinski definition) is 1. The van der Waals surface area contributed by atoms with Crippen LogP contribution in [0.1, 0.15) is 27.2 Å². The second-order valence-electron chi connectivity index (χ2n) is 6.91. The molecule has 4 rings (SSSR count). The monoisotopic (exact) mass is 440 g/mol. The molecule has 0 saturated carbocycles. The zero-order valence-electron chi connectivity index (χ0n) is 16.6. The molecule has 2 heterocycles. The van der Waals surface area contributed by atoms with Crippen LogP contribution in [0.3, 0.4) is 0 Å². The Bertz CT molecular complexity index is 1110. The summed E-state index contributed by atoms with van der Waals surface area (Å²) in [5.74, 6) is 1.39. The molecule has 154 valence electrons. The molecule has 0 atom stereocenters. The van der Waals surface area contributed by atoms with Gasteiger partial charge >= 0.3 is 0 Å². The third-order valence-corrected chi connectivity index (χ3v) is 6.75. The minimum atomic E-state index is -0.114. The molecule has 0 fully saturated rings. The van der Waals surface area contributed by atoms with Gasteiger partial charge in [-0.3, -0.25) is 9.59 Å². The zero-order valence-corrected chi connectivity index (χ0v) is 18.2. The van der Waals surface area contributed by atoms with Crippen LogP contribution in [0.2, 0.25) is 0 Å². The lowest BCUT2D eigenvalue weighted by atomic mass is 10.1. The Hall–Kier alpha value is -2.84. The Morgan fingerprint density at radius 2 is 1.93 bits per heavy atom. The third-order valence-electron chi connectivity index (χ3n) is 4.68. The van der Waals surface area contributed by atoms with E-state index in [-0.39, 0.29) is 30.7 Å². The predicted octanol–water partition coefficient (Wildman–Crippen LogP) is 4.64. The fraction of sp³-hybridized carbons (Fsp3) is 0.227. The number of anilines is 1. The maximum atomic E-state index is 12.5. The highest BCUT2D eigenvalue weighted by molar-refractivity contribution is 8.01. The molecule has 2 aromatic carbocycles. The zero-order chi connectivity index (χ0) is 21.1. The van der Waals surface area contributed by atoms with E-state index in [0.717, 1.165) is 15.6 Å². The number of aromatic nitrogens is 1. The molecule has 1 aliphatic rings. The van der Waals surface area contributed by atoms with E-state index >= 15 is 0 Å². The number of carbonyl (C=O) groups excluding carboxylic acids is 2. The number of Topliss-reactive ketones (excluding diaryl/α,β-unsaturated/α-hetero) is 1. The molecule has 3 aromatic rings. The number of thiazole rings is 1. The molecule has 0 bridgehead atoms. The fourth-order valence-electron chi connectivity index (χ4n) is 2.91. The Morgan fingerprint density at radius 3 is 2.77 bits per heavy atom. The summed E-state index contributed by atoms with van der Waals surface area (Å²) in [6.45, 7) is 4.23. The first-order valence-electron chi connectivity index (χ1n) is 9.35. The number of ketones is 1. The predicted molar refractivity (Wildman–Crippen MR) is 118 cm³/mol. The van der Waals surface area contributed by atoms with Gasteiger partial charge in [0.1, 0.15) is 0 Å². The van der Waals surface area contributed by atoms with E-state index in [1.807, 2.05) is 37.4 Å². The number of benzene rings is 2. The van der Waals surface area contributed by atoms with Gasteiger partial charge in [0, 0.05) is 16.6 Å². The van der Waals surface area contributed by atoms with Crippen molar-refractivity contribution in [1.82, 2.24) is 4.98 Å². The fourth-order valence-corrected chi connectivity index (χ4v) is 4.64. The molecule has 30 heavy (non-hydrogen) atoms. The number of nitrogens with zero attached hydrogens (tertiary/aromatic N) is 1. The van der Waals surface area contributed by atoms with Crippen LogP contribution in [0.15, 0.2) is 46.1 Å². The molecule has 1 amide bonds. The second-order valence-corrected chi connectivity index (χ2v) is 8.99. The molecule has 0 aliphatic carbocycles. The largest absolute Gasteiger partial charge is 0.454 e. The molecule has 6 nitrogen and oxygen atoms in total. The Balaban J connectivity index is 1.30. The number of ether oxygens (including phenoxy) is 2.